The Hall–Kier alpha value is -1.62. The Morgan fingerprint density at radius 2 is 2.05 bits per heavy atom. The van der Waals surface area contributed by atoms with Crippen LogP contribution in [0.25, 0.3) is 0 Å². The molecule has 1 aromatic rings. The molecule has 0 aliphatic rings. The molecule has 5 nitrogen and oxygen atoms in total. The second-order valence-corrected chi connectivity index (χ2v) is 5.14. The van der Waals surface area contributed by atoms with Crippen molar-refractivity contribution in [3.8, 4) is 0 Å². The van der Waals surface area contributed by atoms with Crippen molar-refractivity contribution in [2.75, 3.05) is 20.1 Å². The third-order valence-corrected chi connectivity index (χ3v) is 3.13. The SMILES string of the molecule is CCN(CC(=O)NC)C(=O)c1cc(Cl)nc(C(C)C)c1. The van der Waals surface area contributed by atoms with Gasteiger partial charge in [-0.3, -0.25) is 9.59 Å². The smallest absolute Gasteiger partial charge is 0.254 e. The number of carbonyl (C=O) groups is 2. The molecule has 0 aliphatic heterocycles. The molecule has 0 fully saturated rings. The standard InChI is InChI=1S/C14H20ClN3O2/c1-5-18(8-13(19)16-4)14(20)10-6-11(9(2)3)17-12(15)7-10/h6-7,9H,5,8H2,1-4H3,(H,16,19). The molecule has 20 heavy (non-hydrogen) atoms. The predicted molar refractivity (Wildman–Crippen MR) is 79.0 cm³/mol. The molecule has 0 unspecified atom stereocenters. The number of halogens is 1. The third-order valence-electron chi connectivity index (χ3n) is 2.93. The molecule has 0 radical (unpaired) electrons. The molecule has 110 valence electrons. The van der Waals surface area contributed by atoms with Crippen LogP contribution >= 0.6 is 11.6 Å². The fraction of sp³-hybridized carbons (Fsp3) is 0.500. The number of likely N-dealkylation sites (N-methyl/N-ethyl adjacent to an activating group) is 2. The van der Waals surface area contributed by atoms with E-state index in [2.05, 4.69) is 10.3 Å². The summed E-state index contributed by atoms with van der Waals surface area (Å²) in [5.74, 6) is -0.249. The Kier molecular flexibility index (Phi) is 5.95. The molecular formula is C14H20ClN3O2. The fourth-order valence-electron chi connectivity index (χ4n) is 1.70. The van der Waals surface area contributed by atoms with Crippen LogP contribution in [0.15, 0.2) is 12.1 Å². The minimum atomic E-state index is -0.220. The van der Waals surface area contributed by atoms with Gasteiger partial charge in [-0.15, -0.1) is 0 Å². The van der Waals surface area contributed by atoms with E-state index in [9.17, 15) is 9.59 Å². The van der Waals surface area contributed by atoms with E-state index >= 15 is 0 Å². The lowest BCUT2D eigenvalue weighted by atomic mass is 10.1. The molecular weight excluding hydrogens is 278 g/mol. The van der Waals surface area contributed by atoms with Crippen molar-refractivity contribution in [2.24, 2.45) is 0 Å². The van der Waals surface area contributed by atoms with Crippen LogP contribution in [0.1, 0.15) is 42.7 Å². The van der Waals surface area contributed by atoms with Crippen molar-refractivity contribution >= 4 is 23.4 Å². The number of hydrogen-bond donors (Lipinski definition) is 1. The zero-order chi connectivity index (χ0) is 15.3. The number of nitrogens with one attached hydrogen (secondary N) is 1. The first kappa shape index (κ1) is 16.4. The summed E-state index contributed by atoms with van der Waals surface area (Å²) in [7, 11) is 1.54. The lowest BCUT2D eigenvalue weighted by Crippen LogP contribution is -2.39. The van der Waals surface area contributed by atoms with Gasteiger partial charge in [-0.05, 0) is 25.0 Å². The van der Waals surface area contributed by atoms with Gasteiger partial charge in [0.1, 0.15) is 5.15 Å². The summed E-state index contributed by atoms with van der Waals surface area (Å²) in [6.07, 6.45) is 0. The fourth-order valence-corrected chi connectivity index (χ4v) is 1.91. The largest absolute Gasteiger partial charge is 0.358 e. The number of carbonyl (C=O) groups excluding carboxylic acids is 2. The highest BCUT2D eigenvalue weighted by Gasteiger charge is 2.18. The van der Waals surface area contributed by atoms with Crippen molar-refractivity contribution in [3.05, 3.63) is 28.5 Å². The maximum absolute atomic E-state index is 12.4. The van der Waals surface area contributed by atoms with Crippen molar-refractivity contribution in [3.63, 3.8) is 0 Å². The highest BCUT2D eigenvalue weighted by molar-refractivity contribution is 6.29. The average molecular weight is 298 g/mol. The van der Waals surface area contributed by atoms with Gasteiger partial charge < -0.3 is 10.2 Å². The van der Waals surface area contributed by atoms with Gasteiger partial charge >= 0.3 is 0 Å². The van der Waals surface area contributed by atoms with Crippen molar-refractivity contribution in [1.29, 1.82) is 0 Å². The topological polar surface area (TPSA) is 62.3 Å². The average Bonchev–Trinajstić information content (AvgIpc) is 2.42. The first-order chi connectivity index (χ1) is 9.38. The molecule has 1 aromatic heterocycles. The zero-order valence-electron chi connectivity index (χ0n) is 12.2. The van der Waals surface area contributed by atoms with Gasteiger partial charge in [-0.1, -0.05) is 25.4 Å². The summed E-state index contributed by atoms with van der Waals surface area (Å²) in [5, 5.41) is 2.79. The normalized spacial score (nSPS) is 10.5. The van der Waals surface area contributed by atoms with Crippen LogP contribution in [0, 0.1) is 0 Å². The summed E-state index contributed by atoms with van der Waals surface area (Å²) < 4.78 is 0. The summed E-state index contributed by atoms with van der Waals surface area (Å²) in [4.78, 5) is 29.5. The Balaban J connectivity index is 3.03. The van der Waals surface area contributed by atoms with Gasteiger partial charge in [0.25, 0.3) is 5.91 Å². The van der Waals surface area contributed by atoms with Crippen LogP contribution < -0.4 is 5.32 Å². The number of nitrogens with zero attached hydrogens (tertiary/aromatic N) is 2. The van der Waals surface area contributed by atoms with E-state index in [1.54, 1.807) is 13.1 Å². The quantitative estimate of drug-likeness (QED) is 0.846. The number of amides is 2. The van der Waals surface area contributed by atoms with Gasteiger partial charge in [0.05, 0.1) is 6.54 Å². The summed E-state index contributed by atoms with van der Waals surface area (Å²) in [6, 6.07) is 3.26. The second kappa shape index (κ2) is 7.24. The molecule has 0 atom stereocenters. The number of hydrogen-bond acceptors (Lipinski definition) is 3. The van der Waals surface area contributed by atoms with E-state index in [-0.39, 0.29) is 29.4 Å². The van der Waals surface area contributed by atoms with Crippen molar-refractivity contribution < 1.29 is 9.59 Å². The van der Waals surface area contributed by atoms with Crippen LogP contribution in [-0.2, 0) is 4.79 Å². The second-order valence-electron chi connectivity index (χ2n) is 4.75. The van der Waals surface area contributed by atoms with Gasteiger partial charge in [0.15, 0.2) is 0 Å². The van der Waals surface area contributed by atoms with E-state index in [1.165, 1.54) is 11.0 Å². The van der Waals surface area contributed by atoms with Gasteiger partial charge in [-0.2, -0.15) is 0 Å². The highest BCUT2D eigenvalue weighted by Crippen LogP contribution is 2.18. The van der Waals surface area contributed by atoms with Gasteiger partial charge in [0, 0.05) is 24.8 Å². The molecule has 1 rings (SSSR count). The molecule has 1 N–H and O–H groups in total. The lowest BCUT2D eigenvalue weighted by molar-refractivity contribution is -0.121. The summed E-state index contributed by atoms with van der Waals surface area (Å²) in [5.41, 5.74) is 1.22. The first-order valence-corrected chi connectivity index (χ1v) is 6.94. The number of rotatable bonds is 5. The Bertz CT molecular complexity index is 503. The van der Waals surface area contributed by atoms with Gasteiger partial charge in [-0.25, -0.2) is 4.98 Å². The van der Waals surface area contributed by atoms with Crippen LogP contribution in [-0.4, -0.2) is 41.8 Å². The number of pyridine rings is 1. The van der Waals surface area contributed by atoms with Crippen LogP contribution in [0.3, 0.4) is 0 Å². The summed E-state index contributed by atoms with van der Waals surface area (Å²) >= 11 is 5.96. The molecule has 0 saturated heterocycles. The highest BCUT2D eigenvalue weighted by atomic mass is 35.5. The minimum Gasteiger partial charge on any atom is -0.358 e. The van der Waals surface area contributed by atoms with Crippen LogP contribution in [0.4, 0.5) is 0 Å². The molecule has 2 amide bonds. The lowest BCUT2D eigenvalue weighted by Gasteiger charge is -2.20. The van der Waals surface area contributed by atoms with E-state index in [0.717, 1.165) is 5.69 Å². The van der Waals surface area contributed by atoms with E-state index in [1.807, 2.05) is 20.8 Å². The monoisotopic (exact) mass is 297 g/mol. The maximum atomic E-state index is 12.4. The molecule has 6 heteroatoms. The van der Waals surface area contributed by atoms with Crippen molar-refractivity contribution in [2.45, 2.75) is 26.7 Å². The van der Waals surface area contributed by atoms with Crippen LogP contribution in [0.5, 0.6) is 0 Å². The molecule has 0 spiro atoms. The summed E-state index contributed by atoms with van der Waals surface area (Å²) in [6.45, 7) is 6.27. The third kappa shape index (κ3) is 4.20. The first-order valence-electron chi connectivity index (χ1n) is 6.56. The predicted octanol–water partition coefficient (Wildman–Crippen LogP) is 2.07. The molecule has 1 heterocycles. The minimum absolute atomic E-state index is 0.0305. The van der Waals surface area contributed by atoms with E-state index < -0.39 is 0 Å². The molecule has 0 aliphatic carbocycles. The molecule has 0 aromatic carbocycles. The van der Waals surface area contributed by atoms with Crippen molar-refractivity contribution in [1.82, 2.24) is 15.2 Å². The number of aromatic nitrogens is 1. The Morgan fingerprint density at radius 3 is 2.55 bits per heavy atom. The van der Waals surface area contributed by atoms with Gasteiger partial charge in [0.2, 0.25) is 5.91 Å². The molecule has 0 bridgehead atoms. The maximum Gasteiger partial charge on any atom is 0.254 e. The van der Waals surface area contributed by atoms with Crippen LogP contribution in [0.2, 0.25) is 5.15 Å². The van der Waals surface area contributed by atoms with E-state index in [0.29, 0.717) is 12.1 Å². The Labute approximate surface area is 124 Å². The molecule has 0 saturated carbocycles. The Morgan fingerprint density at radius 1 is 1.40 bits per heavy atom. The zero-order valence-corrected chi connectivity index (χ0v) is 13.0. The van der Waals surface area contributed by atoms with E-state index in [4.69, 9.17) is 11.6 Å².